The van der Waals surface area contributed by atoms with Crippen molar-refractivity contribution >= 4 is 7.85 Å². The molecule has 0 aromatic heterocycles. The fraction of sp³-hybridized carbons (Fsp3) is 0.308. The van der Waals surface area contributed by atoms with Gasteiger partial charge in [-0.05, 0) is 41.3 Å². The molecule has 4 rings (SSSR count). The van der Waals surface area contributed by atoms with E-state index in [0.29, 0.717) is 29.9 Å². The maximum absolute atomic E-state index is 14.9. The second-order valence-corrected chi connectivity index (χ2v) is 7.95. The summed E-state index contributed by atoms with van der Waals surface area (Å²) in [6, 6.07) is 14.5. The summed E-state index contributed by atoms with van der Waals surface area (Å²) in [4.78, 5) is 0. The predicted octanol–water partition coefficient (Wildman–Crippen LogP) is 6.20. The molecule has 170 valence electrons. The highest BCUT2D eigenvalue weighted by molar-refractivity contribution is 6.08. The molecule has 1 aliphatic rings. The number of halogens is 3. The first-order chi connectivity index (χ1) is 16.0. The Hall–Kier alpha value is -2.77. The molecule has 0 unspecified atom stereocenters. The van der Waals surface area contributed by atoms with Crippen molar-refractivity contribution in [3.63, 3.8) is 0 Å². The van der Waals surface area contributed by atoms with Crippen molar-refractivity contribution in [2.45, 2.75) is 32.0 Å². The van der Waals surface area contributed by atoms with E-state index < -0.39 is 11.6 Å². The van der Waals surface area contributed by atoms with E-state index in [0.717, 1.165) is 18.4 Å². The van der Waals surface area contributed by atoms with Crippen LogP contribution in [0, 0.1) is 17.5 Å². The molecule has 7 heteroatoms. The lowest BCUT2D eigenvalue weighted by atomic mass is 9.95. The summed E-state index contributed by atoms with van der Waals surface area (Å²) in [6.45, 7) is 2.81. The summed E-state index contributed by atoms with van der Waals surface area (Å²) in [5.74, 6) is -2.75. The zero-order chi connectivity index (χ0) is 23.4. The molecule has 0 N–H and O–H groups in total. The van der Waals surface area contributed by atoms with E-state index in [4.69, 9.17) is 22.1 Å². The molecule has 0 saturated carbocycles. The van der Waals surface area contributed by atoms with Crippen LogP contribution in [0.25, 0.3) is 22.3 Å². The van der Waals surface area contributed by atoms with Gasteiger partial charge in [0, 0.05) is 23.6 Å². The molecule has 0 amide bonds. The van der Waals surface area contributed by atoms with Crippen molar-refractivity contribution in [3.8, 4) is 28.0 Å². The minimum absolute atomic E-state index is 0.0203. The average Bonchev–Trinajstić information content (AvgIpc) is 2.83. The van der Waals surface area contributed by atoms with Gasteiger partial charge >= 0.3 is 0 Å². The molecule has 0 spiro atoms. The van der Waals surface area contributed by atoms with Crippen molar-refractivity contribution in [2.75, 3.05) is 19.7 Å². The van der Waals surface area contributed by atoms with Crippen molar-refractivity contribution in [2.24, 2.45) is 0 Å². The quantitative estimate of drug-likeness (QED) is 0.400. The second kappa shape index (κ2) is 10.4. The first-order valence-corrected chi connectivity index (χ1v) is 11.0. The Bertz CT molecular complexity index is 1100. The highest BCUT2D eigenvalue weighted by Gasteiger charge is 2.24. The first kappa shape index (κ1) is 23.4. The van der Waals surface area contributed by atoms with Crippen LogP contribution in [0.4, 0.5) is 13.2 Å². The van der Waals surface area contributed by atoms with Crippen molar-refractivity contribution in [1.82, 2.24) is 0 Å². The molecular weight excluding hydrogens is 428 g/mol. The molecule has 1 saturated heterocycles. The Morgan fingerprint density at radius 1 is 0.879 bits per heavy atom. The van der Waals surface area contributed by atoms with E-state index >= 15 is 0 Å². The smallest absolute Gasteiger partial charge is 0.201 e. The van der Waals surface area contributed by atoms with E-state index in [1.54, 1.807) is 30.3 Å². The van der Waals surface area contributed by atoms with Gasteiger partial charge in [0.15, 0.2) is 17.9 Å². The number of hydrogen-bond acceptors (Lipinski definition) is 3. The van der Waals surface area contributed by atoms with Gasteiger partial charge in [-0.25, -0.2) is 8.78 Å². The summed E-state index contributed by atoms with van der Waals surface area (Å²) >= 11 is 0. The lowest BCUT2D eigenvalue weighted by Gasteiger charge is -2.29. The first-order valence-electron chi connectivity index (χ1n) is 11.0. The molecule has 1 aliphatic heterocycles. The van der Waals surface area contributed by atoms with Crippen molar-refractivity contribution in [3.05, 3.63) is 77.6 Å². The van der Waals surface area contributed by atoms with Crippen LogP contribution in [-0.2, 0) is 9.47 Å². The number of hydrogen-bond donors (Lipinski definition) is 0. The van der Waals surface area contributed by atoms with Gasteiger partial charge in [-0.2, -0.15) is 4.39 Å². The van der Waals surface area contributed by atoms with E-state index in [2.05, 4.69) is 6.92 Å². The highest BCUT2D eigenvalue weighted by Crippen LogP contribution is 2.33. The van der Waals surface area contributed by atoms with Crippen LogP contribution in [0.5, 0.6) is 5.75 Å². The maximum Gasteiger partial charge on any atom is 0.201 e. The van der Waals surface area contributed by atoms with Crippen LogP contribution in [0.1, 0.15) is 31.2 Å². The number of rotatable bonds is 7. The van der Waals surface area contributed by atoms with Crippen LogP contribution in [-0.4, -0.2) is 33.9 Å². The van der Waals surface area contributed by atoms with Gasteiger partial charge in [-0.3, -0.25) is 0 Å². The molecule has 1 fully saturated rings. The SMILES string of the molecule is [B]COc1ccc(-c2ccc(-c3ccc(C4COC(CCC)OC4)cc3F)cc2)c(F)c1F. The molecule has 0 atom stereocenters. The lowest BCUT2D eigenvalue weighted by molar-refractivity contribution is -0.189. The van der Waals surface area contributed by atoms with E-state index in [1.165, 1.54) is 18.2 Å². The molecule has 3 aromatic carbocycles. The normalized spacial score (nSPS) is 18.3. The monoisotopic (exact) mass is 452 g/mol. The van der Waals surface area contributed by atoms with E-state index in [1.807, 2.05) is 6.07 Å². The van der Waals surface area contributed by atoms with Crippen LogP contribution in [0.3, 0.4) is 0 Å². The zero-order valence-electron chi connectivity index (χ0n) is 18.3. The van der Waals surface area contributed by atoms with Crippen LogP contribution < -0.4 is 4.74 Å². The van der Waals surface area contributed by atoms with Gasteiger partial charge in [0.2, 0.25) is 5.82 Å². The van der Waals surface area contributed by atoms with Gasteiger partial charge < -0.3 is 14.2 Å². The summed E-state index contributed by atoms with van der Waals surface area (Å²) in [5, 5.41) is 0. The third-order valence-electron chi connectivity index (χ3n) is 5.75. The summed E-state index contributed by atoms with van der Waals surface area (Å²) in [7, 11) is 5.23. The number of benzene rings is 3. The fourth-order valence-corrected chi connectivity index (χ4v) is 3.94. The summed E-state index contributed by atoms with van der Waals surface area (Å²) < 4.78 is 59.9. The fourth-order valence-electron chi connectivity index (χ4n) is 3.94. The van der Waals surface area contributed by atoms with Crippen LogP contribution >= 0.6 is 0 Å². The molecular formula is C26H24BF3O3. The highest BCUT2D eigenvalue weighted by atomic mass is 19.2. The van der Waals surface area contributed by atoms with Gasteiger partial charge in [-0.1, -0.05) is 49.7 Å². The minimum Gasteiger partial charge on any atom is -0.500 e. The Morgan fingerprint density at radius 3 is 2.12 bits per heavy atom. The third kappa shape index (κ3) is 5.10. The Kier molecular flexibility index (Phi) is 7.41. The average molecular weight is 452 g/mol. The van der Waals surface area contributed by atoms with Gasteiger partial charge in [0.25, 0.3) is 0 Å². The molecule has 2 radical (unpaired) electrons. The standard InChI is InChI=1S/C26H24BF3O3/c1-2-3-24-31-13-19(14-32-24)18-8-9-20(22(28)12-18)16-4-6-17(7-5-16)21-10-11-23(33-15-27)26(30)25(21)29/h4-12,19,24H,2-3,13-15H2,1H3. The maximum atomic E-state index is 14.9. The van der Waals surface area contributed by atoms with Gasteiger partial charge in [-0.15, -0.1) is 0 Å². The van der Waals surface area contributed by atoms with Gasteiger partial charge in [0.05, 0.1) is 13.2 Å². The molecule has 3 aromatic rings. The molecule has 0 bridgehead atoms. The van der Waals surface area contributed by atoms with Gasteiger partial charge in [0.1, 0.15) is 13.7 Å². The minimum atomic E-state index is -1.10. The lowest BCUT2D eigenvalue weighted by Crippen LogP contribution is -2.30. The Morgan fingerprint density at radius 2 is 1.52 bits per heavy atom. The third-order valence-corrected chi connectivity index (χ3v) is 5.75. The van der Waals surface area contributed by atoms with E-state index in [-0.39, 0.29) is 35.8 Å². The predicted molar refractivity (Wildman–Crippen MR) is 122 cm³/mol. The zero-order valence-corrected chi connectivity index (χ0v) is 18.3. The Balaban J connectivity index is 1.51. The molecule has 1 heterocycles. The molecule has 0 aliphatic carbocycles. The molecule has 3 nitrogen and oxygen atoms in total. The van der Waals surface area contributed by atoms with Crippen molar-refractivity contribution in [1.29, 1.82) is 0 Å². The largest absolute Gasteiger partial charge is 0.500 e. The van der Waals surface area contributed by atoms with Crippen LogP contribution in [0.2, 0.25) is 0 Å². The summed E-state index contributed by atoms with van der Waals surface area (Å²) in [6.07, 6.45) is 1.64. The topological polar surface area (TPSA) is 27.7 Å². The molecule has 33 heavy (non-hydrogen) atoms. The number of ether oxygens (including phenoxy) is 3. The Labute approximate surface area is 192 Å². The van der Waals surface area contributed by atoms with Crippen LogP contribution in [0.15, 0.2) is 54.6 Å². The summed E-state index contributed by atoms with van der Waals surface area (Å²) in [5.41, 5.74) is 2.42. The van der Waals surface area contributed by atoms with E-state index in [9.17, 15) is 13.2 Å². The second-order valence-electron chi connectivity index (χ2n) is 7.95. The van der Waals surface area contributed by atoms with Crippen molar-refractivity contribution < 1.29 is 27.4 Å².